The van der Waals surface area contributed by atoms with Gasteiger partial charge >= 0.3 is 0 Å². The maximum absolute atomic E-state index is 9.49. The minimum absolute atomic E-state index is 0.125. The summed E-state index contributed by atoms with van der Waals surface area (Å²) in [6.07, 6.45) is 4.38. The van der Waals surface area contributed by atoms with Gasteiger partial charge in [-0.05, 0) is 37.6 Å². The third kappa shape index (κ3) is 5.38. The molecule has 1 aliphatic carbocycles. The Kier molecular flexibility index (Phi) is 7.29. The summed E-state index contributed by atoms with van der Waals surface area (Å²) in [5, 5.41) is 9.49. The molecule has 0 heterocycles. The van der Waals surface area contributed by atoms with Crippen LogP contribution in [0.5, 0.6) is 0 Å². The highest BCUT2D eigenvalue weighted by atomic mass is 16.5. The van der Waals surface area contributed by atoms with Crippen molar-refractivity contribution in [2.45, 2.75) is 45.1 Å². The Balaban J connectivity index is 2.41. The highest BCUT2D eigenvalue weighted by Crippen LogP contribution is 2.35. The molecule has 1 rings (SSSR count). The zero-order valence-corrected chi connectivity index (χ0v) is 12.9. The standard InChI is InChI=1S/C15H32N2O2/c1-13(2)11-17(9-10-19-3)8-6-14-5-4-7-15(14,16)12-18/h13-14,18H,4-12,16H2,1-3H3. The molecule has 0 saturated heterocycles. The van der Waals surface area contributed by atoms with Crippen molar-refractivity contribution in [1.82, 2.24) is 4.90 Å². The zero-order valence-electron chi connectivity index (χ0n) is 12.9. The topological polar surface area (TPSA) is 58.7 Å². The van der Waals surface area contributed by atoms with Crippen molar-refractivity contribution >= 4 is 0 Å². The number of nitrogens with zero attached hydrogens (tertiary/aromatic N) is 1. The Labute approximate surface area is 118 Å². The van der Waals surface area contributed by atoms with Crippen LogP contribution in [-0.4, -0.2) is 55.5 Å². The molecule has 0 radical (unpaired) electrons. The second-order valence-corrected chi connectivity index (χ2v) is 6.46. The SMILES string of the molecule is COCCN(CCC1CCCC1(N)CO)CC(C)C. The number of aliphatic hydroxyl groups excluding tert-OH is 1. The fourth-order valence-corrected chi connectivity index (χ4v) is 3.18. The number of aliphatic hydroxyl groups is 1. The lowest BCUT2D eigenvalue weighted by Gasteiger charge is -2.32. The van der Waals surface area contributed by atoms with Crippen LogP contribution in [0.2, 0.25) is 0 Å². The molecule has 2 atom stereocenters. The summed E-state index contributed by atoms with van der Waals surface area (Å²) in [7, 11) is 1.75. The maximum Gasteiger partial charge on any atom is 0.0613 e. The average molecular weight is 272 g/mol. The van der Waals surface area contributed by atoms with Gasteiger partial charge in [-0.15, -0.1) is 0 Å². The molecule has 0 aromatic carbocycles. The lowest BCUT2D eigenvalue weighted by Crippen LogP contribution is -2.48. The van der Waals surface area contributed by atoms with Crippen molar-refractivity contribution in [2.24, 2.45) is 17.6 Å². The molecule has 4 nitrogen and oxygen atoms in total. The van der Waals surface area contributed by atoms with Gasteiger partial charge in [-0.3, -0.25) is 0 Å². The van der Waals surface area contributed by atoms with Gasteiger partial charge in [0.15, 0.2) is 0 Å². The molecule has 1 aliphatic rings. The monoisotopic (exact) mass is 272 g/mol. The molecule has 0 bridgehead atoms. The molecule has 3 N–H and O–H groups in total. The van der Waals surface area contributed by atoms with Gasteiger partial charge in [0.05, 0.1) is 13.2 Å². The fraction of sp³-hybridized carbons (Fsp3) is 1.00. The molecule has 19 heavy (non-hydrogen) atoms. The first-order chi connectivity index (χ1) is 9.01. The molecule has 2 unspecified atom stereocenters. The second-order valence-electron chi connectivity index (χ2n) is 6.46. The summed E-state index contributed by atoms with van der Waals surface area (Å²) in [4.78, 5) is 2.46. The van der Waals surface area contributed by atoms with E-state index >= 15 is 0 Å². The first-order valence-corrected chi connectivity index (χ1v) is 7.63. The van der Waals surface area contributed by atoms with E-state index in [2.05, 4.69) is 18.7 Å². The van der Waals surface area contributed by atoms with Crippen molar-refractivity contribution in [3.05, 3.63) is 0 Å². The Morgan fingerprint density at radius 2 is 2.16 bits per heavy atom. The number of rotatable bonds is 9. The predicted octanol–water partition coefficient (Wildman–Crippen LogP) is 1.47. The predicted molar refractivity (Wildman–Crippen MR) is 79.1 cm³/mol. The van der Waals surface area contributed by atoms with Crippen molar-refractivity contribution in [3.63, 3.8) is 0 Å². The van der Waals surface area contributed by atoms with Crippen LogP contribution in [0.15, 0.2) is 0 Å². The molecule has 0 aromatic rings. The number of methoxy groups -OCH3 is 1. The van der Waals surface area contributed by atoms with Gasteiger partial charge in [0, 0.05) is 25.7 Å². The number of hydrogen-bond donors (Lipinski definition) is 2. The van der Waals surface area contributed by atoms with Crippen LogP contribution in [0.25, 0.3) is 0 Å². The summed E-state index contributed by atoms with van der Waals surface area (Å²) >= 11 is 0. The van der Waals surface area contributed by atoms with E-state index in [1.165, 1.54) is 0 Å². The van der Waals surface area contributed by atoms with Gasteiger partial charge in [-0.1, -0.05) is 20.3 Å². The highest BCUT2D eigenvalue weighted by Gasteiger charge is 2.38. The highest BCUT2D eigenvalue weighted by molar-refractivity contribution is 4.96. The number of hydrogen-bond acceptors (Lipinski definition) is 4. The quantitative estimate of drug-likeness (QED) is 0.667. The van der Waals surface area contributed by atoms with Crippen molar-refractivity contribution in [3.8, 4) is 0 Å². The van der Waals surface area contributed by atoms with Crippen LogP contribution < -0.4 is 5.73 Å². The fourth-order valence-electron chi connectivity index (χ4n) is 3.18. The molecule has 4 heteroatoms. The smallest absolute Gasteiger partial charge is 0.0613 e. The zero-order chi connectivity index (χ0) is 14.3. The summed E-state index contributed by atoms with van der Waals surface area (Å²) in [6, 6.07) is 0. The van der Waals surface area contributed by atoms with Crippen molar-refractivity contribution < 1.29 is 9.84 Å². The molecular formula is C15H32N2O2. The van der Waals surface area contributed by atoms with Crippen molar-refractivity contribution in [1.29, 1.82) is 0 Å². The van der Waals surface area contributed by atoms with E-state index in [4.69, 9.17) is 10.5 Å². The van der Waals surface area contributed by atoms with Crippen LogP contribution in [0, 0.1) is 11.8 Å². The normalized spacial score (nSPS) is 27.6. The second kappa shape index (κ2) is 8.20. The largest absolute Gasteiger partial charge is 0.394 e. The molecule has 0 aromatic heterocycles. The maximum atomic E-state index is 9.49. The Bertz CT molecular complexity index is 248. The average Bonchev–Trinajstić information content (AvgIpc) is 2.74. The van der Waals surface area contributed by atoms with Crippen LogP contribution in [0.3, 0.4) is 0 Å². The van der Waals surface area contributed by atoms with Crippen molar-refractivity contribution in [2.75, 3.05) is 40.0 Å². The Morgan fingerprint density at radius 1 is 1.42 bits per heavy atom. The van der Waals surface area contributed by atoms with E-state index in [-0.39, 0.29) is 12.1 Å². The van der Waals surface area contributed by atoms with E-state index in [1.807, 2.05) is 0 Å². The van der Waals surface area contributed by atoms with Gasteiger partial charge in [0.2, 0.25) is 0 Å². The van der Waals surface area contributed by atoms with Gasteiger partial charge < -0.3 is 20.5 Å². The molecule has 0 amide bonds. The summed E-state index contributed by atoms with van der Waals surface area (Å²) in [5.74, 6) is 1.13. The van der Waals surface area contributed by atoms with Gasteiger partial charge in [-0.2, -0.15) is 0 Å². The van der Waals surface area contributed by atoms with Crippen LogP contribution >= 0.6 is 0 Å². The van der Waals surface area contributed by atoms with Crippen LogP contribution in [0.1, 0.15) is 39.5 Å². The summed E-state index contributed by atoms with van der Waals surface area (Å²) in [5.41, 5.74) is 5.97. The van der Waals surface area contributed by atoms with Crippen LogP contribution in [0.4, 0.5) is 0 Å². The van der Waals surface area contributed by atoms with Gasteiger partial charge in [0.1, 0.15) is 0 Å². The molecule has 0 aliphatic heterocycles. The summed E-state index contributed by atoms with van der Waals surface area (Å²) in [6.45, 7) is 8.55. The van der Waals surface area contributed by atoms with Gasteiger partial charge in [-0.25, -0.2) is 0 Å². The molecule has 114 valence electrons. The third-order valence-electron chi connectivity index (χ3n) is 4.33. The lowest BCUT2D eigenvalue weighted by molar-refractivity contribution is 0.118. The molecular weight excluding hydrogens is 240 g/mol. The van der Waals surface area contributed by atoms with Crippen LogP contribution in [-0.2, 0) is 4.74 Å². The van der Waals surface area contributed by atoms with E-state index in [1.54, 1.807) is 7.11 Å². The number of ether oxygens (including phenoxy) is 1. The lowest BCUT2D eigenvalue weighted by atomic mass is 9.86. The first kappa shape index (κ1) is 16.9. The van der Waals surface area contributed by atoms with E-state index < -0.39 is 0 Å². The van der Waals surface area contributed by atoms with E-state index in [9.17, 15) is 5.11 Å². The summed E-state index contributed by atoms with van der Waals surface area (Å²) < 4.78 is 5.18. The third-order valence-corrected chi connectivity index (χ3v) is 4.33. The molecule has 1 fully saturated rings. The van der Waals surface area contributed by atoms with E-state index in [0.29, 0.717) is 11.8 Å². The molecule has 0 spiro atoms. The Morgan fingerprint density at radius 3 is 2.74 bits per heavy atom. The van der Waals surface area contributed by atoms with Gasteiger partial charge in [0.25, 0.3) is 0 Å². The minimum Gasteiger partial charge on any atom is -0.394 e. The van der Waals surface area contributed by atoms with E-state index in [0.717, 1.165) is 51.9 Å². The first-order valence-electron chi connectivity index (χ1n) is 7.63. The minimum atomic E-state index is -0.329. The molecule has 1 saturated carbocycles. The Hall–Kier alpha value is -0.160. The number of nitrogens with two attached hydrogens (primary N) is 1.